The Morgan fingerprint density at radius 1 is 1.65 bits per heavy atom. The third-order valence-corrected chi connectivity index (χ3v) is 3.54. The topological polar surface area (TPSA) is 80.7 Å². The van der Waals surface area contributed by atoms with Crippen LogP contribution in [0.2, 0.25) is 0 Å². The molecule has 0 saturated heterocycles. The van der Waals surface area contributed by atoms with Gasteiger partial charge in [0.15, 0.2) is 5.82 Å². The average molecular weight is 272 g/mol. The molecule has 106 valence electrons. The Kier molecular flexibility index (Phi) is 4.41. The second-order valence-corrected chi connectivity index (χ2v) is 4.86. The van der Waals surface area contributed by atoms with Crippen LogP contribution in [0, 0.1) is 16.7 Å². The summed E-state index contributed by atoms with van der Waals surface area (Å²) in [5, 5.41) is 24.2. The summed E-state index contributed by atoms with van der Waals surface area (Å²) in [6.07, 6.45) is 4.49. The van der Waals surface area contributed by atoms with Crippen LogP contribution < -0.4 is 5.32 Å². The number of anilines is 1. The third-order valence-electron chi connectivity index (χ3n) is 3.54. The molecule has 2 rings (SSSR count). The van der Waals surface area contributed by atoms with Crippen LogP contribution in [-0.2, 0) is 13.0 Å². The summed E-state index contributed by atoms with van der Waals surface area (Å²) in [5.74, 6) is 1.37. The van der Waals surface area contributed by atoms with Gasteiger partial charge in [-0.1, -0.05) is 0 Å². The number of nitrogens with zero attached hydrogens (tertiary/aromatic N) is 4. The minimum Gasteiger partial charge on any atom is -0.360 e. The van der Waals surface area contributed by atoms with Gasteiger partial charge in [-0.3, -0.25) is 4.68 Å². The van der Waals surface area contributed by atoms with Gasteiger partial charge in [0, 0.05) is 38.1 Å². The quantitative estimate of drug-likeness (QED) is 0.634. The number of hydrogen-bond donors (Lipinski definition) is 2. The molecule has 0 unspecified atom stereocenters. The summed E-state index contributed by atoms with van der Waals surface area (Å²) in [5.41, 5.74) is 1.53. The molecule has 1 aromatic rings. The van der Waals surface area contributed by atoms with Crippen molar-refractivity contribution < 1.29 is 0 Å². The molecule has 1 aliphatic rings. The lowest BCUT2D eigenvalue weighted by Crippen LogP contribution is -2.25. The van der Waals surface area contributed by atoms with Gasteiger partial charge in [-0.05, 0) is 26.2 Å². The minimum absolute atomic E-state index is 0.306. The molecule has 0 aliphatic carbocycles. The molecule has 2 heterocycles. The van der Waals surface area contributed by atoms with Crippen LogP contribution in [0.4, 0.5) is 5.82 Å². The number of hydrogen-bond acceptors (Lipinski definition) is 5. The van der Waals surface area contributed by atoms with Gasteiger partial charge in [-0.25, -0.2) is 0 Å². The monoisotopic (exact) mass is 272 g/mol. The fraction of sp³-hybridized carbons (Fsp3) is 0.500. The second kappa shape index (κ2) is 6.24. The maximum absolute atomic E-state index is 9.13. The van der Waals surface area contributed by atoms with E-state index in [1.54, 1.807) is 0 Å². The van der Waals surface area contributed by atoms with Crippen LogP contribution in [0.3, 0.4) is 0 Å². The van der Waals surface area contributed by atoms with Crippen molar-refractivity contribution >= 4 is 12.0 Å². The number of allylic oxidation sites excluding steroid dienone is 1. The lowest BCUT2D eigenvalue weighted by Gasteiger charge is -2.21. The van der Waals surface area contributed by atoms with Gasteiger partial charge in [-0.15, -0.1) is 0 Å². The van der Waals surface area contributed by atoms with Gasteiger partial charge in [0.25, 0.3) is 0 Å². The Morgan fingerprint density at radius 2 is 2.45 bits per heavy atom. The van der Waals surface area contributed by atoms with E-state index >= 15 is 0 Å². The number of nitrogens with one attached hydrogen (secondary N) is 2. The molecule has 0 bridgehead atoms. The van der Waals surface area contributed by atoms with E-state index in [0.717, 1.165) is 38.0 Å². The van der Waals surface area contributed by atoms with Crippen molar-refractivity contribution in [1.82, 2.24) is 14.7 Å². The molecule has 0 radical (unpaired) electrons. The normalized spacial score (nSPS) is 14.8. The molecule has 1 aromatic heterocycles. The molecular formula is C14H20N6. The van der Waals surface area contributed by atoms with Gasteiger partial charge in [0.05, 0.1) is 0 Å². The second-order valence-electron chi connectivity index (χ2n) is 4.86. The molecule has 0 aromatic carbocycles. The lowest BCUT2D eigenvalue weighted by molar-refractivity contribution is 0.444. The molecule has 0 atom stereocenters. The molecule has 0 amide bonds. The third kappa shape index (κ3) is 2.82. The molecule has 6 heteroatoms. The number of fused-ring (bicyclic) bond motifs is 1. The molecule has 6 nitrogen and oxygen atoms in total. The minimum atomic E-state index is 0.306. The van der Waals surface area contributed by atoms with Crippen LogP contribution in [0.1, 0.15) is 25.5 Å². The molecule has 20 heavy (non-hydrogen) atoms. The predicted molar refractivity (Wildman–Crippen MR) is 78.5 cm³/mol. The molecule has 0 fully saturated rings. The highest BCUT2D eigenvalue weighted by Crippen LogP contribution is 2.20. The van der Waals surface area contributed by atoms with Crippen LogP contribution in [0.5, 0.6) is 0 Å². The first-order chi connectivity index (χ1) is 9.69. The van der Waals surface area contributed by atoms with Crippen molar-refractivity contribution in [1.29, 1.82) is 10.7 Å². The fourth-order valence-corrected chi connectivity index (χ4v) is 2.28. The molecule has 0 spiro atoms. The van der Waals surface area contributed by atoms with Crippen molar-refractivity contribution in [3.63, 3.8) is 0 Å². The Hall–Kier alpha value is -2.29. The van der Waals surface area contributed by atoms with Gasteiger partial charge < -0.3 is 15.6 Å². The van der Waals surface area contributed by atoms with E-state index in [1.165, 1.54) is 12.1 Å². The van der Waals surface area contributed by atoms with E-state index in [9.17, 15) is 0 Å². The highest BCUT2D eigenvalue weighted by atomic mass is 15.3. The number of rotatable bonds is 5. The zero-order valence-electron chi connectivity index (χ0n) is 12.0. The Morgan fingerprint density at radius 3 is 3.05 bits per heavy atom. The Bertz CT molecular complexity index is 539. The van der Waals surface area contributed by atoms with Gasteiger partial charge in [-0.2, -0.15) is 10.4 Å². The standard InChI is InChI=1S/C14H20N6/c1-3-19(2)14(11(9-15)10-16)17-13-8-12-6-4-5-7-20(12)18-13/h8-9,15H,3-7H2,1-2H3,(H,17,18)/b14-11-,15-9?. The highest BCUT2D eigenvalue weighted by molar-refractivity contribution is 5.83. The van der Waals surface area contributed by atoms with Crippen molar-refractivity contribution in [3.05, 3.63) is 23.2 Å². The average Bonchev–Trinajstić information content (AvgIpc) is 2.89. The lowest BCUT2D eigenvalue weighted by atomic mass is 10.1. The first-order valence-corrected chi connectivity index (χ1v) is 6.89. The molecule has 1 aliphatic heterocycles. The zero-order valence-corrected chi connectivity index (χ0v) is 12.0. The molecule has 2 N–H and O–H groups in total. The number of aromatic nitrogens is 2. The summed E-state index contributed by atoms with van der Waals surface area (Å²) in [4.78, 5) is 1.90. The van der Waals surface area contributed by atoms with E-state index in [0.29, 0.717) is 11.4 Å². The highest BCUT2D eigenvalue weighted by Gasteiger charge is 2.15. The first kappa shape index (κ1) is 14.1. The van der Waals surface area contributed by atoms with E-state index in [2.05, 4.69) is 10.4 Å². The SMILES string of the molecule is CCN(C)/C(Nc1cc2n(n1)CCCC2)=C(\C#N)C=N. The Balaban J connectivity index is 2.29. The van der Waals surface area contributed by atoms with Crippen molar-refractivity contribution in [3.8, 4) is 6.07 Å². The van der Waals surface area contributed by atoms with E-state index in [4.69, 9.17) is 10.7 Å². The Labute approximate surface area is 119 Å². The van der Waals surface area contributed by atoms with Crippen molar-refractivity contribution in [2.75, 3.05) is 18.9 Å². The molecular weight excluding hydrogens is 252 g/mol. The fourth-order valence-electron chi connectivity index (χ4n) is 2.28. The van der Waals surface area contributed by atoms with Crippen LogP contribution in [0.15, 0.2) is 17.5 Å². The van der Waals surface area contributed by atoms with Crippen molar-refractivity contribution in [2.45, 2.75) is 32.7 Å². The summed E-state index contributed by atoms with van der Waals surface area (Å²) in [6.45, 7) is 3.70. The van der Waals surface area contributed by atoms with Crippen molar-refractivity contribution in [2.24, 2.45) is 0 Å². The maximum Gasteiger partial charge on any atom is 0.153 e. The van der Waals surface area contributed by atoms with E-state index in [1.807, 2.05) is 35.7 Å². The molecule has 0 saturated carbocycles. The summed E-state index contributed by atoms with van der Waals surface area (Å²) in [6, 6.07) is 4.08. The summed E-state index contributed by atoms with van der Waals surface area (Å²) >= 11 is 0. The maximum atomic E-state index is 9.13. The zero-order chi connectivity index (χ0) is 14.5. The smallest absolute Gasteiger partial charge is 0.153 e. The largest absolute Gasteiger partial charge is 0.360 e. The van der Waals surface area contributed by atoms with Gasteiger partial charge >= 0.3 is 0 Å². The van der Waals surface area contributed by atoms with Crippen LogP contribution in [-0.4, -0.2) is 34.5 Å². The van der Waals surface area contributed by atoms with Gasteiger partial charge in [0.1, 0.15) is 17.5 Å². The number of aryl methyl sites for hydroxylation is 2. The van der Waals surface area contributed by atoms with Gasteiger partial charge in [0.2, 0.25) is 0 Å². The summed E-state index contributed by atoms with van der Waals surface area (Å²) < 4.78 is 2.02. The van der Waals surface area contributed by atoms with Crippen LogP contribution in [0.25, 0.3) is 0 Å². The van der Waals surface area contributed by atoms with E-state index in [-0.39, 0.29) is 0 Å². The number of nitriles is 1. The summed E-state index contributed by atoms with van der Waals surface area (Å²) in [7, 11) is 1.89. The van der Waals surface area contributed by atoms with Crippen LogP contribution >= 0.6 is 0 Å². The first-order valence-electron chi connectivity index (χ1n) is 6.89. The van der Waals surface area contributed by atoms with E-state index < -0.39 is 0 Å². The predicted octanol–water partition coefficient (Wildman–Crippen LogP) is 1.97.